The number of hydrogen-bond donors (Lipinski definition) is 1. The molecule has 1 aliphatic heterocycles. The normalized spacial score (nSPS) is 20.1. The SMILES string of the molecule is O=C(O)C=Cc1ccc(Br)cc1N1CCN(C2CC2)CC1. The Balaban J connectivity index is 1.76. The highest BCUT2D eigenvalue weighted by atomic mass is 79.9. The van der Waals surface area contributed by atoms with Crippen LogP contribution in [0.2, 0.25) is 0 Å². The van der Waals surface area contributed by atoms with Crippen LogP contribution in [0, 0.1) is 0 Å². The Morgan fingerprint density at radius 2 is 1.95 bits per heavy atom. The Labute approximate surface area is 133 Å². The lowest BCUT2D eigenvalue weighted by molar-refractivity contribution is -0.131. The molecule has 1 aromatic carbocycles. The number of hydrogen-bond acceptors (Lipinski definition) is 3. The van der Waals surface area contributed by atoms with Crippen LogP contribution in [-0.4, -0.2) is 48.2 Å². The second-order valence-corrected chi connectivity index (χ2v) is 6.54. The zero-order valence-electron chi connectivity index (χ0n) is 11.8. The topological polar surface area (TPSA) is 43.8 Å². The fourth-order valence-corrected chi connectivity index (χ4v) is 3.21. The lowest BCUT2D eigenvalue weighted by atomic mass is 10.1. The molecule has 0 bridgehead atoms. The Bertz CT molecular complexity index is 561. The van der Waals surface area contributed by atoms with E-state index in [0.717, 1.165) is 47.9 Å². The predicted octanol–water partition coefficient (Wildman–Crippen LogP) is 2.83. The second-order valence-electron chi connectivity index (χ2n) is 5.63. The predicted molar refractivity (Wildman–Crippen MR) is 87.6 cm³/mol. The summed E-state index contributed by atoms with van der Waals surface area (Å²) in [6, 6.07) is 6.81. The molecule has 1 N–H and O–H groups in total. The van der Waals surface area contributed by atoms with Gasteiger partial charge in [0, 0.05) is 48.5 Å². The molecule has 21 heavy (non-hydrogen) atoms. The van der Waals surface area contributed by atoms with Gasteiger partial charge in [-0.25, -0.2) is 4.79 Å². The van der Waals surface area contributed by atoms with Gasteiger partial charge in [-0.05, 0) is 36.6 Å². The summed E-state index contributed by atoms with van der Waals surface area (Å²) >= 11 is 3.51. The van der Waals surface area contributed by atoms with E-state index in [2.05, 4.69) is 31.8 Å². The van der Waals surface area contributed by atoms with Gasteiger partial charge in [0.25, 0.3) is 0 Å². The molecule has 1 aliphatic carbocycles. The quantitative estimate of drug-likeness (QED) is 0.848. The van der Waals surface area contributed by atoms with Crippen LogP contribution in [0.15, 0.2) is 28.7 Å². The number of anilines is 1. The molecule has 0 amide bonds. The average Bonchev–Trinajstić information content (AvgIpc) is 3.30. The molecule has 1 heterocycles. The molecule has 5 heteroatoms. The van der Waals surface area contributed by atoms with Gasteiger partial charge in [-0.2, -0.15) is 0 Å². The fraction of sp³-hybridized carbons (Fsp3) is 0.438. The Kier molecular flexibility index (Phi) is 4.31. The minimum absolute atomic E-state index is 0.820. The van der Waals surface area contributed by atoms with Crippen molar-refractivity contribution in [1.29, 1.82) is 0 Å². The first-order chi connectivity index (χ1) is 10.1. The van der Waals surface area contributed by atoms with Crippen molar-refractivity contribution >= 4 is 33.7 Å². The maximum Gasteiger partial charge on any atom is 0.328 e. The molecular formula is C16H19BrN2O2. The first-order valence-electron chi connectivity index (χ1n) is 7.33. The summed E-state index contributed by atoms with van der Waals surface area (Å²) in [6.07, 6.45) is 5.58. The third-order valence-corrected chi connectivity index (χ3v) is 4.61. The van der Waals surface area contributed by atoms with Crippen molar-refractivity contribution in [3.8, 4) is 0 Å². The summed E-state index contributed by atoms with van der Waals surface area (Å²) in [5.74, 6) is -0.914. The van der Waals surface area contributed by atoms with Crippen molar-refractivity contribution < 1.29 is 9.90 Å². The molecule has 1 saturated heterocycles. The van der Waals surface area contributed by atoms with Crippen molar-refractivity contribution in [2.24, 2.45) is 0 Å². The molecule has 3 rings (SSSR count). The minimum atomic E-state index is -0.914. The van der Waals surface area contributed by atoms with E-state index in [1.165, 1.54) is 18.9 Å². The Hall–Kier alpha value is -1.33. The van der Waals surface area contributed by atoms with E-state index in [4.69, 9.17) is 5.11 Å². The number of rotatable bonds is 4. The number of carbonyl (C=O) groups is 1. The minimum Gasteiger partial charge on any atom is -0.478 e. The van der Waals surface area contributed by atoms with Crippen molar-refractivity contribution in [3.05, 3.63) is 34.3 Å². The van der Waals surface area contributed by atoms with Crippen LogP contribution in [0.4, 0.5) is 5.69 Å². The lowest BCUT2D eigenvalue weighted by Crippen LogP contribution is -2.47. The second kappa shape index (κ2) is 6.20. The van der Waals surface area contributed by atoms with E-state index in [-0.39, 0.29) is 0 Å². The van der Waals surface area contributed by atoms with Gasteiger partial charge in [0.2, 0.25) is 0 Å². The van der Waals surface area contributed by atoms with Gasteiger partial charge in [-0.1, -0.05) is 22.0 Å². The molecule has 2 aliphatic rings. The molecular weight excluding hydrogens is 332 g/mol. The van der Waals surface area contributed by atoms with Gasteiger partial charge in [0.05, 0.1) is 0 Å². The summed E-state index contributed by atoms with van der Waals surface area (Å²) < 4.78 is 1.02. The van der Waals surface area contributed by atoms with Gasteiger partial charge in [0.15, 0.2) is 0 Å². The number of carboxylic acids is 1. The number of benzene rings is 1. The van der Waals surface area contributed by atoms with Crippen LogP contribution >= 0.6 is 15.9 Å². The zero-order chi connectivity index (χ0) is 14.8. The highest BCUT2D eigenvalue weighted by molar-refractivity contribution is 9.10. The van der Waals surface area contributed by atoms with E-state index in [0.29, 0.717) is 0 Å². The van der Waals surface area contributed by atoms with Crippen LogP contribution in [0.5, 0.6) is 0 Å². The summed E-state index contributed by atoms with van der Waals surface area (Å²) in [6.45, 7) is 4.19. The summed E-state index contributed by atoms with van der Waals surface area (Å²) in [4.78, 5) is 15.7. The third-order valence-electron chi connectivity index (χ3n) is 4.12. The third kappa shape index (κ3) is 3.66. The van der Waals surface area contributed by atoms with E-state index in [1.807, 2.05) is 12.1 Å². The Morgan fingerprint density at radius 1 is 1.24 bits per heavy atom. The van der Waals surface area contributed by atoms with Crippen molar-refractivity contribution in [2.45, 2.75) is 18.9 Å². The number of halogens is 1. The molecule has 0 spiro atoms. The van der Waals surface area contributed by atoms with Crippen molar-refractivity contribution in [2.75, 3.05) is 31.1 Å². The van der Waals surface area contributed by atoms with E-state index in [9.17, 15) is 4.79 Å². The molecule has 2 fully saturated rings. The average molecular weight is 351 g/mol. The van der Waals surface area contributed by atoms with Crippen LogP contribution in [0.1, 0.15) is 18.4 Å². The van der Waals surface area contributed by atoms with Crippen LogP contribution in [0.3, 0.4) is 0 Å². The highest BCUT2D eigenvalue weighted by Gasteiger charge is 2.31. The molecule has 0 radical (unpaired) electrons. The first kappa shape index (κ1) is 14.6. The van der Waals surface area contributed by atoms with Crippen molar-refractivity contribution in [1.82, 2.24) is 4.90 Å². The fourth-order valence-electron chi connectivity index (χ4n) is 2.86. The zero-order valence-corrected chi connectivity index (χ0v) is 13.4. The number of nitrogens with zero attached hydrogens (tertiary/aromatic N) is 2. The first-order valence-corrected chi connectivity index (χ1v) is 8.12. The highest BCUT2D eigenvalue weighted by Crippen LogP contribution is 2.31. The van der Waals surface area contributed by atoms with E-state index >= 15 is 0 Å². The number of piperazine rings is 1. The molecule has 0 atom stereocenters. The smallest absolute Gasteiger partial charge is 0.328 e. The van der Waals surface area contributed by atoms with Gasteiger partial charge >= 0.3 is 5.97 Å². The van der Waals surface area contributed by atoms with Gasteiger partial charge < -0.3 is 10.0 Å². The van der Waals surface area contributed by atoms with E-state index in [1.54, 1.807) is 6.08 Å². The summed E-state index contributed by atoms with van der Waals surface area (Å²) in [7, 11) is 0. The summed E-state index contributed by atoms with van der Waals surface area (Å²) in [5, 5.41) is 8.82. The number of aliphatic carboxylic acids is 1. The van der Waals surface area contributed by atoms with Crippen LogP contribution < -0.4 is 4.90 Å². The van der Waals surface area contributed by atoms with Crippen LogP contribution in [-0.2, 0) is 4.79 Å². The van der Waals surface area contributed by atoms with Crippen molar-refractivity contribution in [3.63, 3.8) is 0 Å². The largest absolute Gasteiger partial charge is 0.478 e. The van der Waals surface area contributed by atoms with Gasteiger partial charge in [-0.15, -0.1) is 0 Å². The maximum atomic E-state index is 10.7. The van der Waals surface area contributed by atoms with Crippen LogP contribution in [0.25, 0.3) is 6.08 Å². The molecule has 4 nitrogen and oxygen atoms in total. The molecule has 112 valence electrons. The molecule has 0 aromatic heterocycles. The Morgan fingerprint density at radius 3 is 2.57 bits per heavy atom. The maximum absolute atomic E-state index is 10.7. The molecule has 1 saturated carbocycles. The molecule has 0 unspecified atom stereocenters. The van der Waals surface area contributed by atoms with Gasteiger partial charge in [0.1, 0.15) is 0 Å². The number of carboxylic acid groups (broad SMARTS) is 1. The van der Waals surface area contributed by atoms with E-state index < -0.39 is 5.97 Å². The summed E-state index contributed by atoms with van der Waals surface area (Å²) in [5.41, 5.74) is 2.07. The molecule has 1 aromatic rings. The monoisotopic (exact) mass is 350 g/mol. The van der Waals surface area contributed by atoms with Gasteiger partial charge in [-0.3, -0.25) is 4.90 Å². The lowest BCUT2D eigenvalue weighted by Gasteiger charge is -2.37. The standard InChI is InChI=1S/C16H19BrN2O2/c17-13-3-1-12(2-6-16(20)21)15(11-13)19-9-7-18(8-10-19)14-4-5-14/h1-3,6,11,14H,4-5,7-10H2,(H,20,21).